The van der Waals surface area contributed by atoms with E-state index in [1.165, 1.54) is 11.3 Å². The summed E-state index contributed by atoms with van der Waals surface area (Å²) in [5.74, 6) is -0.0431. The van der Waals surface area contributed by atoms with Gasteiger partial charge in [0.15, 0.2) is 0 Å². The first-order valence-corrected chi connectivity index (χ1v) is 7.08. The summed E-state index contributed by atoms with van der Waals surface area (Å²) >= 11 is 7.12. The highest BCUT2D eigenvalue weighted by Gasteiger charge is 2.29. The molecule has 1 fully saturated rings. The standard InChI is InChI=1S/C12H16ClNO2S/c1-2-16-9-5-3-4-8(9)14-12(15)10-6-7-11(13)17-10/h6-9H,2-5H2,1H3,(H,14,15). The van der Waals surface area contributed by atoms with Crippen molar-refractivity contribution in [3.63, 3.8) is 0 Å². The third-order valence-corrected chi connectivity index (χ3v) is 4.18. The van der Waals surface area contributed by atoms with Crippen LogP contribution in [0, 0.1) is 0 Å². The van der Waals surface area contributed by atoms with E-state index in [9.17, 15) is 4.79 Å². The van der Waals surface area contributed by atoms with Crippen LogP contribution in [0.2, 0.25) is 4.34 Å². The molecule has 2 rings (SSSR count). The van der Waals surface area contributed by atoms with E-state index in [2.05, 4.69) is 5.32 Å². The Morgan fingerprint density at radius 3 is 3.06 bits per heavy atom. The highest BCUT2D eigenvalue weighted by atomic mass is 35.5. The fourth-order valence-corrected chi connectivity index (χ4v) is 3.13. The van der Waals surface area contributed by atoms with Crippen LogP contribution in [-0.2, 0) is 4.74 Å². The van der Waals surface area contributed by atoms with Gasteiger partial charge in [0, 0.05) is 6.61 Å². The molecular weight excluding hydrogens is 258 g/mol. The first-order chi connectivity index (χ1) is 8.20. The van der Waals surface area contributed by atoms with Crippen LogP contribution in [0.15, 0.2) is 12.1 Å². The van der Waals surface area contributed by atoms with Crippen molar-refractivity contribution in [2.45, 2.75) is 38.3 Å². The Labute approximate surface area is 110 Å². The van der Waals surface area contributed by atoms with Gasteiger partial charge in [-0.25, -0.2) is 0 Å². The molecular formula is C12H16ClNO2S. The Bertz CT molecular complexity index is 394. The lowest BCUT2D eigenvalue weighted by molar-refractivity contribution is 0.0461. The monoisotopic (exact) mass is 273 g/mol. The van der Waals surface area contributed by atoms with Gasteiger partial charge in [-0.2, -0.15) is 0 Å². The molecule has 2 atom stereocenters. The molecule has 1 heterocycles. The minimum atomic E-state index is -0.0431. The van der Waals surface area contributed by atoms with E-state index in [-0.39, 0.29) is 18.1 Å². The van der Waals surface area contributed by atoms with Crippen LogP contribution in [-0.4, -0.2) is 24.7 Å². The molecule has 94 valence electrons. The molecule has 1 aromatic heterocycles. The molecule has 3 nitrogen and oxygen atoms in total. The van der Waals surface area contributed by atoms with Gasteiger partial charge in [-0.15, -0.1) is 11.3 Å². The summed E-state index contributed by atoms with van der Waals surface area (Å²) in [6, 6.07) is 3.64. The van der Waals surface area contributed by atoms with Crippen LogP contribution in [0.5, 0.6) is 0 Å². The van der Waals surface area contributed by atoms with E-state index in [1.807, 2.05) is 6.92 Å². The molecule has 1 saturated carbocycles. The van der Waals surface area contributed by atoms with Crippen molar-refractivity contribution in [1.82, 2.24) is 5.32 Å². The van der Waals surface area contributed by atoms with Crippen LogP contribution < -0.4 is 5.32 Å². The predicted molar refractivity (Wildman–Crippen MR) is 69.8 cm³/mol. The second-order valence-electron chi connectivity index (χ2n) is 4.11. The molecule has 2 unspecified atom stereocenters. The zero-order chi connectivity index (χ0) is 12.3. The van der Waals surface area contributed by atoms with E-state index in [0.29, 0.717) is 15.8 Å². The van der Waals surface area contributed by atoms with Gasteiger partial charge >= 0.3 is 0 Å². The number of thiophene rings is 1. The van der Waals surface area contributed by atoms with Gasteiger partial charge in [-0.1, -0.05) is 11.6 Å². The number of hydrogen-bond donors (Lipinski definition) is 1. The quantitative estimate of drug-likeness (QED) is 0.916. The maximum Gasteiger partial charge on any atom is 0.261 e. The molecule has 5 heteroatoms. The van der Waals surface area contributed by atoms with E-state index in [1.54, 1.807) is 12.1 Å². The molecule has 1 aliphatic carbocycles. The van der Waals surface area contributed by atoms with Crippen LogP contribution in [0.3, 0.4) is 0 Å². The normalized spacial score (nSPS) is 23.9. The number of hydrogen-bond acceptors (Lipinski definition) is 3. The van der Waals surface area contributed by atoms with Crippen molar-refractivity contribution < 1.29 is 9.53 Å². The SMILES string of the molecule is CCOC1CCCC1NC(=O)c1ccc(Cl)s1. The maximum atomic E-state index is 11.9. The lowest BCUT2D eigenvalue weighted by atomic mass is 10.2. The van der Waals surface area contributed by atoms with Gasteiger partial charge in [0.2, 0.25) is 0 Å². The van der Waals surface area contributed by atoms with Crippen molar-refractivity contribution in [1.29, 1.82) is 0 Å². The van der Waals surface area contributed by atoms with Crippen LogP contribution >= 0.6 is 22.9 Å². The molecule has 1 aromatic rings. The summed E-state index contributed by atoms with van der Waals surface area (Å²) in [5.41, 5.74) is 0. The fourth-order valence-electron chi connectivity index (χ4n) is 2.18. The van der Waals surface area contributed by atoms with Crippen molar-refractivity contribution in [2.24, 2.45) is 0 Å². The average molecular weight is 274 g/mol. The topological polar surface area (TPSA) is 38.3 Å². The molecule has 0 saturated heterocycles. The Morgan fingerprint density at radius 2 is 2.41 bits per heavy atom. The molecule has 0 spiro atoms. The molecule has 0 aromatic carbocycles. The first-order valence-electron chi connectivity index (χ1n) is 5.88. The van der Waals surface area contributed by atoms with Gasteiger partial charge in [-0.3, -0.25) is 4.79 Å². The zero-order valence-corrected chi connectivity index (χ0v) is 11.3. The van der Waals surface area contributed by atoms with Crippen LogP contribution in [0.25, 0.3) is 0 Å². The number of halogens is 1. The lowest BCUT2D eigenvalue weighted by Crippen LogP contribution is -2.40. The Kier molecular flexibility index (Phi) is 4.42. The molecule has 0 aliphatic heterocycles. The Balaban J connectivity index is 1.94. The molecule has 1 N–H and O–H groups in total. The fraction of sp³-hybridized carbons (Fsp3) is 0.583. The molecule has 1 aliphatic rings. The van der Waals surface area contributed by atoms with Gasteiger partial charge in [-0.05, 0) is 38.3 Å². The average Bonchev–Trinajstić information content (AvgIpc) is 2.89. The van der Waals surface area contributed by atoms with E-state index in [0.717, 1.165) is 19.3 Å². The maximum absolute atomic E-state index is 11.9. The van der Waals surface area contributed by atoms with Crippen molar-refractivity contribution in [3.8, 4) is 0 Å². The van der Waals surface area contributed by atoms with Crippen LogP contribution in [0.4, 0.5) is 0 Å². The number of amides is 1. The predicted octanol–water partition coefficient (Wildman–Crippen LogP) is 3.09. The van der Waals surface area contributed by atoms with Crippen molar-refractivity contribution in [3.05, 3.63) is 21.3 Å². The lowest BCUT2D eigenvalue weighted by Gasteiger charge is -2.20. The van der Waals surface area contributed by atoms with Gasteiger partial charge < -0.3 is 10.1 Å². The minimum Gasteiger partial charge on any atom is -0.376 e. The number of ether oxygens (including phenoxy) is 1. The van der Waals surface area contributed by atoms with Crippen LogP contribution in [0.1, 0.15) is 35.9 Å². The summed E-state index contributed by atoms with van der Waals surface area (Å²) in [6.45, 7) is 2.68. The Hall–Kier alpha value is -0.580. The zero-order valence-electron chi connectivity index (χ0n) is 9.74. The molecule has 17 heavy (non-hydrogen) atoms. The van der Waals surface area contributed by atoms with Gasteiger partial charge in [0.1, 0.15) is 0 Å². The number of rotatable bonds is 4. The summed E-state index contributed by atoms with van der Waals surface area (Å²) < 4.78 is 6.26. The van der Waals surface area contributed by atoms with E-state index < -0.39 is 0 Å². The minimum absolute atomic E-state index is 0.0431. The number of carbonyl (C=O) groups is 1. The van der Waals surface area contributed by atoms with E-state index >= 15 is 0 Å². The molecule has 0 bridgehead atoms. The highest BCUT2D eigenvalue weighted by Crippen LogP contribution is 2.24. The number of nitrogens with one attached hydrogen (secondary N) is 1. The summed E-state index contributed by atoms with van der Waals surface area (Å²) in [7, 11) is 0. The molecule has 0 radical (unpaired) electrons. The highest BCUT2D eigenvalue weighted by molar-refractivity contribution is 7.17. The summed E-state index contributed by atoms with van der Waals surface area (Å²) in [6.07, 6.45) is 3.31. The third-order valence-electron chi connectivity index (χ3n) is 2.95. The Morgan fingerprint density at radius 1 is 1.59 bits per heavy atom. The van der Waals surface area contributed by atoms with Crippen molar-refractivity contribution >= 4 is 28.8 Å². The van der Waals surface area contributed by atoms with Crippen molar-refractivity contribution in [2.75, 3.05) is 6.61 Å². The molecule has 1 amide bonds. The smallest absolute Gasteiger partial charge is 0.261 e. The van der Waals surface area contributed by atoms with Gasteiger partial charge in [0.25, 0.3) is 5.91 Å². The third kappa shape index (κ3) is 3.21. The summed E-state index contributed by atoms with van der Waals surface area (Å²) in [5, 5.41) is 3.03. The summed E-state index contributed by atoms with van der Waals surface area (Å²) in [4.78, 5) is 12.6. The van der Waals surface area contributed by atoms with E-state index in [4.69, 9.17) is 16.3 Å². The first kappa shape index (κ1) is 12.9. The largest absolute Gasteiger partial charge is 0.376 e. The number of carbonyl (C=O) groups excluding carboxylic acids is 1. The second kappa shape index (κ2) is 5.85. The second-order valence-corrected chi connectivity index (χ2v) is 5.82. The van der Waals surface area contributed by atoms with Gasteiger partial charge in [0.05, 0.1) is 21.4 Å².